The normalized spacial score (nSPS) is 27.5. The molecule has 2 fully saturated rings. The number of sulfone groups is 1. The molecule has 2 amide bonds. The predicted octanol–water partition coefficient (Wildman–Crippen LogP) is -0.683. The van der Waals surface area contributed by atoms with E-state index in [-0.39, 0.29) is 23.7 Å². The summed E-state index contributed by atoms with van der Waals surface area (Å²) in [6.07, 6.45) is 2.23. The smallest absolute Gasteiger partial charge is 0.312 e. The Morgan fingerprint density at radius 1 is 1.33 bits per heavy atom. The molecule has 0 bridgehead atoms. The van der Waals surface area contributed by atoms with Crippen molar-refractivity contribution in [1.82, 2.24) is 10.2 Å². The first-order chi connectivity index (χ1) is 9.93. The number of hydrogen-bond donors (Lipinski definition) is 1. The van der Waals surface area contributed by atoms with Gasteiger partial charge in [-0.05, 0) is 26.2 Å². The van der Waals surface area contributed by atoms with Crippen molar-refractivity contribution in [2.75, 3.05) is 31.2 Å². The maximum absolute atomic E-state index is 12.2. The van der Waals surface area contributed by atoms with Crippen molar-refractivity contribution in [3.63, 3.8) is 0 Å². The largest absolute Gasteiger partial charge is 0.376 e. The molecule has 0 aromatic heterocycles. The number of rotatable bonds is 4. The van der Waals surface area contributed by atoms with E-state index in [4.69, 9.17) is 4.74 Å². The van der Waals surface area contributed by atoms with Gasteiger partial charge in [0.05, 0.1) is 17.6 Å². The number of nitrogens with one attached hydrogen (secondary N) is 1. The van der Waals surface area contributed by atoms with E-state index in [9.17, 15) is 18.0 Å². The molecular weight excluding hydrogens is 296 g/mol. The van der Waals surface area contributed by atoms with Crippen LogP contribution in [0.3, 0.4) is 0 Å². The average Bonchev–Trinajstić information content (AvgIpc) is 3.06. The molecule has 8 heteroatoms. The third-order valence-corrected chi connectivity index (χ3v) is 5.71. The van der Waals surface area contributed by atoms with E-state index in [0.717, 1.165) is 12.8 Å². The first kappa shape index (κ1) is 16.2. The van der Waals surface area contributed by atoms with Crippen molar-refractivity contribution in [2.24, 2.45) is 0 Å². The summed E-state index contributed by atoms with van der Waals surface area (Å²) in [4.78, 5) is 25.4. The van der Waals surface area contributed by atoms with Gasteiger partial charge in [-0.2, -0.15) is 0 Å². The minimum absolute atomic E-state index is 0.0244. The summed E-state index contributed by atoms with van der Waals surface area (Å²) in [6, 6.07) is -0.388. The third-order valence-electron chi connectivity index (χ3n) is 3.96. The van der Waals surface area contributed by atoms with Gasteiger partial charge in [-0.1, -0.05) is 0 Å². The second-order valence-electron chi connectivity index (χ2n) is 5.49. The lowest BCUT2D eigenvalue weighted by Gasteiger charge is -2.26. The first-order valence-electron chi connectivity index (χ1n) is 7.33. The van der Waals surface area contributed by atoms with Crippen LogP contribution < -0.4 is 5.32 Å². The quantitative estimate of drug-likeness (QED) is 0.693. The second-order valence-corrected chi connectivity index (χ2v) is 7.72. The van der Waals surface area contributed by atoms with Crippen molar-refractivity contribution >= 4 is 21.7 Å². The lowest BCUT2D eigenvalue weighted by atomic mass is 10.2. The molecule has 21 heavy (non-hydrogen) atoms. The van der Waals surface area contributed by atoms with Crippen LogP contribution in [0.15, 0.2) is 0 Å². The van der Waals surface area contributed by atoms with Crippen molar-refractivity contribution in [2.45, 2.75) is 38.3 Å². The zero-order chi connectivity index (χ0) is 15.5. The predicted molar refractivity (Wildman–Crippen MR) is 76.4 cm³/mol. The topological polar surface area (TPSA) is 92.8 Å². The van der Waals surface area contributed by atoms with Crippen LogP contribution in [0.1, 0.15) is 26.2 Å². The molecule has 2 aliphatic heterocycles. The van der Waals surface area contributed by atoms with Crippen LogP contribution in [0, 0.1) is 0 Å². The number of hydrogen-bond acceptors (Lipinski definition) is 5. The van der Waals surface area contributed by atoms with Gasteiger partial charge in [0.25, 0.3) is 0 Å². The van der Waals surface area contributed by atoms with Gasteiger partial charge < -0.3 is 15.0 Å². The van der Waals surface area contributed by atoms with Gasteiger partial charge in [0.2, 0.25) is 0 Å². The number of carbonyl (C=O) groups is 2. The Bertz CT molecular complexity index is 499. The maximum atomic E-state index is 12.2. The zero-order valence-electron chi connectivity index (χ0n) is 12.2. The molecule has 1 N–H and O–H groups in total. The molecule has 2 rings (SSSR count). The summed E-state index contributed by atoms with van der Waals surface area (Å²) in [5.41, 5.74) is 0. The van der Waals surface area contributed by atoms with E-state index < -0.39 is 21.7 Å². The van der Waals surface area contributed by atoms with Crippen LogP contribution in [0.4, 0.5) is 0 Å². The fourth-order valence-electron chi connectivity index (χ4n) is 2.81. The van der Waals surface area contributed by atoms with E-state index in [1.165, 1.54) is 4.90 Å². The molecule has 0 spiro atoms. The Hall–Kier alpha value is -1.15. The molecule has 7 nitrogen and oxygen atoms in total. The molecule has 2 atom stereocenters. The number of likely N-dealkylation sites (N-methyl/N-ethyl adjacent to an activating group) is 1. The molecule has 0 saturated carbocycles. The Morgan fingerprint density at radius 2 is 2.10 bits per heavy atom. The van der Waals surface area contributed by atoms with E-state index in [1.807, 2.05) is 0 Å². The van der Waals surface area contributed by atoms with Gasteiger partial charge in [0.15, 0.2) is 9.84 Å². The van der Waals surface area contributed by atoms with Crippen LogP contribution in [-0.2, 0) is 24.2 Å². The Labute approximate surface area is 124 Å². The molecule has 2 unspecified atom stereocenters. The molecular formula is C13H22N2O5S. The van der Waals surface area contributed by atoms with Gasteiger partial charge in [0.1, 0.15) is 0 Å². The summed E-state index contributed by atoms with van der Waals surface area (Å²) in [6.45, 7) is 3.09. The number of amides is 2. The molecule has 0 aliphatic carbocycles. The minimum atomic E-state index is -3.08. The lowest BCUT2D eigenvalue weighted by molar-refractivity contribution is -0.147. The number of carbonyl (C=O) groups excluding carboxylic acids is 2. The van der Waals surface area contributed by atoms with Crippen LogP contribution >= 0.6 is 0 Å². The SMILES string of the molecule is CCN(C(=O)C(=O)NCC1CCCO1)C1CCS(=O)(=O)C1. The first-order valence-corrected chi connectivity index (χ1v) is 9.16. The molecule has 120 valence electrons. The number of ether oxygens (including phenoxy) is 1. The van der Waals surface area contributed by atoms with E-state index in [1.54, 1.807) is 6.92 Å². The second kappa shape index (κ2) is 6.74. The zero-order valence-corrected chi connectivity index (χ0v) is 13.0. The van der Waals surface area contributed by atoms with Crippen LogP contribution in [0.25, 0.3) is 0 Å². The minimum Gasteiger partial charge on any atom is -0.376 e. The molecule has 0 radical (unpaired) electrons. The highest BCUT2D eigenvalue weighted by molar-refractivity contribution is 7.91. The highest BCUT2D eigenvalue weighted by atomic mass is 32.2. The van der Waals surface area contributed by atoms with Crippen molar-refractivity contribution < 1.29 is 22.7 Å². The molecule has 2 aliphatic rings. The highest BCUT2D eigenvalue weighted by Gasteiger charge is 2.36. The van der Waals surface area contributed by atoms with Crippen molar-refractivity contribution in [3.8, 4) is 0 Å². The van der Waals surface area contributed by atoms with Crippen molar-refractivity contribution in [1.29, 1.82) is 0 Å². The van der Waals surface area contributed by atoms with Crippen LogP contribution in [0.5, 0.6) is 0 Å². The Balaban J connectivity index is 1.88. The van der Waals surface area contributed by atoms with Gasteiger partial charge in [0, 0.05) is 25.7 Å². The van der Waals surface area contributed by atoms with E-state index >= 15 is 0 Å². The molecule has 0 aromatic carbocycles. The van der Waals surface area contributed by atoms with Crippen molar-refractivity contribution in [3.05, 3.63) is 0 Å². The van der Waals surface area contributed by atoms with Gasteiger partial charge in [-0.15, -0.1) is 0 Å². The van der Waals surface area contributed by atoms with E-state index in [0.29, 0.717) is 26.1 Å². The van der Waals surface area contributed by atoms with Gasteiger partial charge >= 0.3 is 11.8 Å². The molecule has 0 aromatic rings. The van der Waals surface area contributed by atoms with Crippen LogP contribution in [0.2, 0.25) is 0 Å². The summed E-state index contributed by atoms with van der Waals surface area (Å²) in [5, 5.41) is 2.58. The van der Waals surface area contributed by atoms with Crippen LogP contribution in [-0.4, -0.2) is 68.5 Å². The van der Waals surface area contributed by atoms with E-state index in [2.05, 4.69) is 5.32 Å². The maximum Gasteiger partial charge on any atom is 0.312 e. The average molecular weight is 318 g/mol. The Morgan fingerprint density at radius 3 is 2.62 bits per heavy atom. The van der Waals surface area contributed by atoms with Gasteiger partial charge in [-0.3, -0.25) is 9.59 Å². The molecule has 2 saturated heterocycles. The monoisotopic (exact) mass is 318 g/mol. The number of nitrogens with zero attached hydrogens (tertiary/aromatic N) is 1. The third kappa shape index (κ3) is 4.16. The highest BCUT2D eigenvalue weighted by Crippen LogP contribution is 2.18. The summed E-state index contributed by atoms with van der Waals surface area (Å²) in [7, 11) is -3.08. The molecule has 2 heterocycles. The summed E-state index contributed by atoms with van der Waals surface area (Å²) >= 11 is 0. The van der Waals surface area contributed by atoms with Gasteiger partial charge in [-0.25, -0.2) is 8.42 Å². The lowest BCUT2D eigenvalue weighted by Crippen LogP contribution is -2.49. The standard InChI is InChI=1S/C13H22N2O5S/c1-2-15(10-5-7-21(18,19)9-10)13(17)12(16)14-8-11-4-3-6-20-11/h10-11H,2-9H2,1H3,(H,14,16). The fourth-order valence-corrected chi connectivity index (χ4v) is 4.54. The summed E-state index contributed by atoms with van der Waals surface area (Å²) in [5.74, 6) is -1.31. The summed E-state index contributed by atoms with van der Waals surface area (Å²) < 4.78 is 28.4. The fraction of sp³-hybridized carbons (Fsp3) is 0.846. The Kier molecular flexibility index (Phi) is 5.21.